The first-order valence-electron chi connectivity index (χ1n) is 11.9. The number of rotatable bonds is 5. The van der Waals surface area contributed by atoms with Gasteiger partial charge >= 0.3 is 0 Å². The van der Waals surface area contributed by atoms with Gasteiger partial charge in [-0.2, -0.15) is 0 Å². The number of hydrogen-bond acceptors (Lipinski definition) is 4. The van der Waals surface area contributed by atoms with E-state index >= 15 is 0 Å². The highest BCUT2D eigenvalue weighted by atomic mass is 16.1. The monoisotopic (exact) mass is 449 g/mol. The molecule has 0 atom stereocenters. The third-order valence-electron chi connectivity index (χ3n) is 7.30. The van der Waals surface area contributed by atoms with Gasteiger partial charge in [-0.1, -0.05) is 54.6 Å². The molecular weight excluding hydrogens is 422 g/mol. The molecule has 0 bridgehead atoms. The highest BCUT2D eigenvalue weighted by Crippen LogP contribution is 2.44. The van der Waals surface area contributed by atoms with Crippen molar-refractivity contribution in [2.45, 2.75) is 24.7 Å². The summed E-state index contributed by atoms with van der Waals surface area (Å²) >= 11 is 0. The lowest BCUT2D eigenvalue weighted by atomic mass is 9.74. The van der Waals surface area contributed by atoms with Crippen molar-refractivity contribution in [3.8, 4) is 0 Å². The molecule has 2 aromatic carbocycles. The average Bonchev–Trinajstić information content (AvgIpc) is 3.47. The number of fused-ring (bicyclic) bond motifs is 3. The topological polar surface area (TPSA) is 73.9 Å². The minimum Gasteiger partial charge on any atom is -0.361 e. The molecule has 1 saturated heterocycles. The SMILES string of the molecule is O=C(NCCc1c[nH]c2ccccc12)c1ccc(N2CCC3(C=Cc4ccccc43)CC2)nn1. The molecule has 6 nitrogen and oxygen atoms in total. The van der Waals surface area contributed by atoms with Gasteiger partial charge in [0.2, 0.25) is 0 Å². The molecule has 6 rings (SSSR count). The molecule has 2 aromatic heterocycles. The summed E-state index contributed by atoms with van der Waals surface area (Å²) in [7, 11) is 0. The van der Waals surface area contributed by atoms with Crippen molar-refractivity contribution in [2.75, 3.05) is 24.5 Å². The zero-order valence-electron chi connectivity index (χ0n) is 19.0. The van der Waals surface area contributed by atoms with E-state index in [0.717, 1.165) is 43.7 Å². The maximum absolute atomic E-state index is 12.6. The Labute approximate surface area is 198 Å². The van der Waals surface area contributed by atoms with Crippen LogP contribution >= 0.6 is 0 Å². The molecule has 3 heterocycles. The zero-order valence-corrected chi connectivity index (χ0v) is 19.0. The number of H-pyrrole nitrogens is 1. The molecule has 1 spiro atoms. The van der Waals surface area contributed by atoms with Crippen molar-refractivity contribution in [3.05, 3.63) is 95.3 Å². The molecule has 1 fully saturated rings. The molecular formula is C28H27N5O. The molecule has 0 radical (unpaired) electrons. The number of benzene rings is 2. The van der Waals surface area contributed by atoms with E-state index in [1.807, 2.05) is 24.4 Å². The van der Waals surface area contributed by atoms with Crippen molar-refractivity contribution in [1.82, 2.24) is 20.5 Å². The molecule has 34 heavy (non-hydrogen) atoms. The third-order valence-corrected chi connectivity index (χ3v) is 7.30. The fourth-order valence-corrected chi connectivity index (χ4v) is 5.36. The molecule has 170 valence electrons. The summed E-state index contributed by atoms with van der Waals surface area (Å²) in [5, 5.41) is 12.8. The van der Waals surface area contributed by atoms with E-state index in [4.69, 9.17) is 0 Å². The summed E-state index contributed by atoms with van der Waals surface area (Å²) in [6, 6.07) is 20.6. The molecule has 0 unspecified atom stereocenters. The van der Waals surface area contributed by atoms with Crippen LogP contribution in [0.1, 0.15) is 40.0 Å². The first-order valence-corrected chi connectivity index (χ1v) is 11.9. The van der Waals surface area contributed by atoms with Crippen LogP contribution in [0.4, 0.5) is 5.82 Å². The largest absolute Gasteiger partial charge is 0.361 e. The van der Waals surface area contributed by atoms with Crippen molar-refractivity contribution in [3.63, 3.8) is 0 Å². The predicted molar refractivity (Wildman–Crippen MR) is 135 cm³/mol. The van der Waals surface area contributed by atoms with Crippen molar-refractivity contribution in [2.24, 2.45) is 0 Å². The first-order chi connectivity index (χ1) is 16.7. The molecule has 2 aliphatic rings. The lowest BCUT2D eigenvalue weighted by Crippen LogP contribution is -2.41. The van der Waals surface area contributed by atoms with Gasteiger partial charge in [-0.3, -0.25) is 4.79 Å². The summed E-state index contributed by atoms with van der Waals surface area (Å²) in [6.45, 7) is 2.39. The minimum atomic E-state index is -0.191. The number of carbonyl (C=O) groups is 1. The maximum atomic E-state index is 12.6. The Hall–Kier alpha value is -3.93. The fraction of sp³-hybridized carbons (Fsp3) is 0.250. The first kappa shape index (κ1) is 20.7. The molecule has 1 aliphatic heterocycles. The van der Waals surface area contributed by atoms with Gasteiger partial charge in [0.1, 0.15) is 0 Å². The number of anilines is 1. The second-order valence-electron chi connectivity index (χ2n) is 9.21. The van der Waals surface area contributed by atoms with E-state index in [-0.39, 0.29) is 11.3 Å². The molecule has 4 aromatic rings. The van der Waals surface area contributed by atoms with Gasteiger partial charge in [0.15, 0.2) is 11.5 Å². The van der Waals surface area contributed by atoms with Crippen LogP contribution in [0, 0.1) is 0 Å². The third kappa shape index (κ3) is 3.65. The number of hydrogen-bond donors (Lipinski definition) is 2. The summed E-state index contributed by atoms with van der Waals surface area (Å²) < 4.78 is 0. The van der Waals surface area contributed by atoms with E-state index in [2.05, 4.69) is 73.9 Å². The van der Waals surface area contributed by atoms with E-state index in [9.17, 15) is 4.79 Å². The molecule has 1 amide bonds. The van der Waals surface area contributed by atoms with Crippen LogP contribution in [-0.2, 0) is 11.8 Å². The van der Waals surface area contributed by atoms with Crippen LogP contribution in [-0.4, -0.2) is 40.7 Å². The van der Waals surface area contributed by atoms with Crippen LogP contribution in [0.2, 0.25) is 0 Å². The lowest BCUT2D eigenvalue weighted by Gasteiger charge is -2.39. The fourth-order valence-electron chi connectivity index (χ4n) is 5.36. The highest BCUT2D eigenvalue weighted by molar-refractivity contribution is 5.92. The number of para-hydroxylation sites is 1. The second-order valence-corrected chi connectivity index (χ2v) is 9.21. The molecule has 0 saturated carbocycles. The number of amides is 1. The van der Waals surface area contributed by atoms with E-state index < -0.39 is 0 Å². The van der Waals surface area contributed by atoms with Crippen LogP contribution in [0.15, 0.2) is 72.9 Å². The van der Waals surface area contributed by atoms with Gasteiger partial charge in [0.05, 0.1) is 0 Å². The molecule has 6 heteroatoms. The predicted octanol–water partition coefficient (Wildman–Crippen LogP) is 4.50. The minimum absolute atomic E-state index is 0.144. The van der Waals surface area contributed by atoms with E-state index in [0.29, 0.717) is 12.2 Å². The number of nitrogens with one attached hydrogen (secondary N) is 2. The van der Waals surface area contributed by atoms with Gasteiger partial charge in [0, 0.05) is 42.1 Å². The number of nitrogens with zero attached hydrogens (tertiary/aromatic N) is 3. The van der Waals surface area contributed by atoms with Crippen molar-refractivity contribution in [1.29, 1.82) is 0 Å². The Morgan fingerprint density at radius 1 is 1.00 bits per heavy atom. The summed E-state index contributed by atoms with van der Waals surface area (Å²) in [5.41, 5.74) is 5.59. The number of piperidine rings is 1. The lowest BCUT2D eigenvalue weighted by molar-refractivity contribution is 0.0948. The highest BCUT2D eigenvalue weighted by Gasteiger charge is 2.38. The van der Waals surface area contributed by atoms with Gasteiger partial charge in [-0.25, -0.2) is 0 Å². The van der Waals surface area contributed by atoms with Crippen LogP contribution < -0.4 is 10.2 Å². The quantitative estimate of drug-likeness (QED) is 0.471. The Bertz CT molecular complexity index is 1360. The smallest absolute Gasteiger partial charge is 0.271 e. The van der Waals surface area contributed by atoms with Gasteiger partial charge in [-0.05, 0) is 54.2 Å². The van der Waals surface area contributed by atoms with E-state index in [1.165, 1.54) is 22.1 Å². The summed E-state index contributed by atoms with van der Waals surface area (Å²) in [6.07, 6.45) is 9.51. The van der Waals surface area contributed by atoms with Gasteiger partial charge < -0.3 is 15.2 Å². The summed E-state index contributed by atoms with van der Waals surface area (Å²) in [5.74, 6) is 0.643. The number of allylic oxidation sites excluding steroid dienone is 1. The van der Waals surface area contributed by atoms with Crippen LogP contribution in [0.5, 0.6) is 0 Å². The normalized spacial score (nSPS) is 16.2. The molecule has 2 N–H and O–H groups in total. The Morgan fingerprint density at radius 3 is 2.68 bits per heavy atom. The second kappa shape index (κ2) is 8.45. The van der Waals surface area contributed by atoms with Gasteiger partial charge in [-0.15, -0.1) is 10.2 Å². The average molecular weight is 450 g/mol. The standard InChI is InChI=1S/C28H27N5O/c34-27(29-16-12-21-19-30-24-8-4-2-6-22(21)24)25-9-10-26(32-31-25)33-17-14-28(15-18-33)13-11-20-5-1-3-7-23(20)28/h1-11,13,19,30H,12,14-18H2,(H,29,34). The van der Waals surface area contributed by atoms with Crippen molar-refractivity contribution >= 4 is 28.7 Å². The Balaban J connectivity index is 1.05. The molecule has 1 aliphatic carbocycles. The van der Waals surface area contributed by atoms with E-state index in [1.54, 1.807) is 6.07 Å². The number of aromatic amines is 1. The summed E-state index contributed by atoms with van der Waals surface area (Å²) in [4.78, 5) is 18.1. The van der Waals surface area contributed by atoms with Crippen molar-refractivity contribution < 1.29 is 4.79 Å². The zero-order chi connectivity index (χ0) is 23.0. The number of aromatic nitrogens is 3. The van der Waals surface area contributed by atoms with Gasteiger partial charge in [0.25, 0.3) is 5.91 Å². The van der Waals surface area contributed by atoms with Crippen LogP contribution in [0.25, 0.3) is 17.0 Å². The number of carbonyl (C=O) groups excluding carboxylic acids is 1. The van der Waals surface area contributed by atoms with Crippen LogP contribution in [0.3, 0.4) is 0 Å². The Morgan fingerprint density at radius 2 is 1.82 bits per heavy atom. The Kier molecular flexibility index (Phi) is 5.13. The maximum Gasteiger partial charge on any atom is 0.271 e.